The Hall–Kier alpha value is -9.64. The van der Waals surface area contributed by atoms with Crippen molar-refractivity contribution in [3.05, 3.63) is 0 Å². The standard InChI is InChI=1S/C59H114N28O13/c1-32(2)30-41(86-51(97)40(20-12-28-77-59(71)72)85-53(99)42-21-13-29-87(42)54(100)44(62)33(3)88)52(98)84-39(19-11-27-76-58(69)70)50(96)83-38(18-10-26-75-57(67)68)49(95)82-37(17-9-25-74-56(65)66)48(94)81-36(15-5-7-23-61)47(93)80-35(14-4-6-22-60)46(92)79-34(16-8-24-73-55(63)64)45(91)78-31-43(89)90/h32-42,44,88H,4-31,60-62H2,1-3H3,(H,78,91)(H,79,92)(H,80,93)(H,81,94)(H,82,95)(H,83,96)(H,84,98)(H,85,99)(H,86,97)(H,89,90)(H4,63,64,73)(H4,65,66,74)(H4,67,68,75)(H4,69,70,76)(H4,71,72,77)/t33-,34+,35+,36+,37+,38+,39+,40+,41+,42+,44+/m1/s1. The lowest BCUT2D eigenvalue weighted by Gasteiger charge is -2.30. The van der Waals surface area contributed by atoms with Crippen molar-refractivity contribution in [1.82, 2.24) is 52.8 Å². The minimum absolute atomic E-state index is 0.00804. The third-order valence-electron chi connectivity index (χ3n) is 15.4. The Kier molecular flexibility index (Phi) is 43.3. The molecule has 11 atom stereocenters. The molecule has 0 aromatic heterocycles. The van der Waals surface area contributed by atoms with Gasteiger partial charge in [-0.2, -0.15) is 0 Å². The molecule has 41 heteroatoms. The fourth-order valence-corrected chi connectivity index (χ4v) is 10.2. The molecule has 0 spiro atoms. The van der Waals surface area contributed by atoms with Crippen LogP contribution in [0.1, 0.15) is 143 Å². The monoisotopic (exact) mass is 1420 g/mol. The van der Waals surface area contributed by atoms with E-state index in [0.717, 1.165) is 0 Å². The van der Waals surface area contributed by atoms with E-state index in [4.69, 9.17) is 74.5 Å². The van der Waals surface area contributed by atoms with E-state index in [2.05, 4.69) is 72.8 Å². The van der Waals surface area contributed by atoms with Crippen molar-refractivity contribution >= 4 is 94.8 Å². The molecule has 0 unspecified atom stereocenters. The van der Waals surface area contributed by atoms with E-state index < -0.39 is 138 Å². The molecule has 1 heterocycles. The van der Waals surface area contributed by atoms with Crippen molar-refractivity contribution < 1.29 is 63.0 Å². The van der Waals surface area contributed by atoms with Gasteiger partial charge in [-0.15, -0.1) is 0 Å². The molecule has 10 amide bonds. The fraction of sp³-hybridized carbons (Fsp3) is 0.729. The number of nitrogens with two attached hydrogens (primary N) is 13. The van der Waals surface area contributed by atoms with Crippen molar-refractivity contribution in [3.8, 4) is 0 Å². The van der Waals surface area contributed by atoms with Crippen LogP contribution in [0.15, 0.2) is 25.0 Å². The van der Waals surface area contributed by atoms with Crippen molar-refractivity contribution in [1.29, 1.82) is 0 Å². The number of hydrogen-bond donors (Lipinski definition) is 24. The maximum absolute atomic E-state index is 14.8. The average Bonchev–Trinajstić information content (AvgIpc) is 1.61. The number of aliphatic imine (C=N–C) groups is 5. The summed E-state index contributed by atoms with van der Waals surface area (Å²) in [6.07, 6.45) is 0.543. The summed E-state index contributed by atoms with van der Waals surface area (Å²) in [5, 5.41) is 43.0. The van der Waals surface area contributed by atoms with Crippen molar-refractivity contribution in [2.24, 2.45) is 105 Å². The molecule has 1 aliphatic heterocycles. The molecule has 41 nitrogen and oxygen atoms in total. The zero-order chi connectivity index (χ0) is 75.4. The summed E-state index contributed by atoms with van der Waals surface area (Å²) < 4.78 is 0. The zero-order valence-electron chi connectivity index (χ0n) is 57.8. The molecule has 1 aliphatic rings. The highest BCUT2D eigenvalue weighted by Gasteiger charge is 2.40. The van der Waals surface area contributed by atoms with Gasteiger partial charge in [-0.3, -0.25) is 77.7 Å². The lowest BCUT2D eigenvalue weighted by atomic mass is 10.0. The third kappa shape index (κ3) is 37.4. The minimum atomic E-state index is -1.52. The highest BCUT2D eigenvalue weighted by atomic mass is 16.4. The van der Waals surface area contributed by atoms with Crippen LogP contribution >= 0.6 is 0 Å². The summed E-state index contributed by atoms with van der Waals surface area (Å²) in [6, 6.07) is -13.7. The molecule has 0 aliphatic carbocycles. The number of carbonyl (C=O) groups excluding carboxylic acids is 10. The maximum Gasteiger partial charge on any atom is 0.322 e. The first-order valence-electron chi connectivity index (χ1n) is 33.6. The van der Waals surface area contributed by atoms with Crippen molar-refractivity contribution in [2.75, 3.05) is 58.9 Å². The summed E-state index contributed by atoms with van der Waals surface area (Å²) in [4.78, 5) is 175. The molecule has 0 aromatic rings. The molecule has 100 heavy (non-hydrogen) atoms. The van der Waals surface area contributed by atoms with Gasteiger partial charge in [-0.1, -0.05) is 13.8 Å². The Morgan fingerprint density at radius 2 is 0.700 bits per heavy atom. The number of hydrogen-bond acceptors (Lipinski definition) is 20. The van der Waals surface area contributed by atoms with E-state index in [0.29, 0.717) is 25.7 Å². The highest BCUT2D eigenvalue weighted by Crippen LogP contribution is 2.20. The van der Waals surface area contributed by atoms with Gasteiger partial charge in [0, 0.05) is 39.3 Å². The van der Waals surface area contributed by atoms with E-state index in [9.17, 15) is 63.0 Å². The van der Waals surface area contributed by atoms with Crippen LogP contribution < -0.4 is 122 Å². The largest absolute Gasteiger partial charge is 0.480 e. The van der Waals surface area contributed by atoms with Crippen LogP contribution in [0.2, 0.25) is 0 Å². The maximum atomic E-state index is 14.8. The number of carbonyl (C=O) groups is 11. The third-order valence-corrected chi connectivity index (χ3v) is 15.4. The Morgan fingerprint density at radius 3 is 0.980 bits per heavy atom. The van der Waals surface area contributed by atoms with Gasteiger partial charge in [0.25, 0.3) is 0 Å². The number of carboxylic acids is 1. The van der Waals surface area contributed by atoms with Crippen LogP contribution in [0.25, 0.3) is 0 Å². The summed E-state index contributed by atoms with van der Waals surface area (Å²) in [7, 11) is 0. The van der Waals surface area contributed by atoms with E-state index in [1.807, 2.05) is 0 Å². The van der Waals surface area contributed by atoms with Gasteiger partial charge in [-0.25, -0.2) is 0 Å². The predicted molar refractivity (Wildman–Crippen MR) is 375 cm³/mol. The molecule has 1 fully saturated rings. The number of guanidine groups is 5. The molecule has 1 rings (SSSR count). The van der Waals surface area contributed by atoms with Crippen LogP contribution in [0.3, 0.4) is 0 Å². The quantitative estimate of drug-likeness (QED) is 0.0153. The molecular weight excluding hydrogens is 1310 g/mol. The zero-order valence-corrected chi connectivity index (χ0v) is 57.8. The Labute approximate surface area is 582 Å². The SMILES string of the molecule is CC(C)C[C@H](NC(=O)[C@H](CCCN=C(N)N)NC(=O)[C@@H]1CCCN1C(=O)[C@@H](N)[C@@H](C)O)C(=O)N[C@@H](CCCN=C(N)N)C(=O)N[C@@H](CCCN=C(N)N)C(=O)N[C@@H](CCCN=C(N)N)C(=O)N[C@@H](CCCCN)C(=O)N[C@@H](CCCCN)C(=O)N[C@@H](CCCN=C(N)N)C(=O)NCC(=O)O. The summed E-state index contributed by atoms with van der Waals surface area (Å²) in [6.45, 7) is 4.63. The number of unbranched alkanes of at least 4 members (excludes halogenated alkanes) is 2. The van der Waals surface area contributed by atoms with Crippen LogP contribution in [-0.2, 0) is 52.7 Å². The minimum Gasteiger partial charge on any atom is -0.480 e. The molecule has 1 saturated heterocycles. The van der Waals surface area contributed by atoms with Crippen LogP contribution in [0.4, 0.5) is 0 Å². The lowest BCUT2D eigenvalue weighted by molar-refractivity contribution is -0.142. The number of carboxylic acid groups (broad SMARTS) is 1. The number of likely N-dealkylation sites (tertiary alicyclic amines) is 1. The Balaban J connectivity index is 3.89. The van der Waals surface area contributed by atoms with Gasteiger partial charge in [0.2, 0.25) is 59.1 Å². The summed E-state index contributed by atoms with van der Waals surface area (Å²) in [5.41, 5.74) is 73.2. The molecule has 0 bridgehead atoms. The van der Waals surface area contributed by atoms with Gasteiger partial charge in [0.1, 0.15) is 67.0 Å². The predicted octanol–water partition coefficient (Wildman–Crippen LogP) is -9.66. The van der Waals surface area contributed by atoms with Gasteiger partial charge < -0.3 is 138 Å². The number of nitrogens with one attached hydrogen (secondary N) is 9. The smallest absolute Gasteiger partial charge is 0.322 e. The van der Waals surface area contributed by atoms with Crippen LogP contribution in [0.5, 0.6) is 0 Å². The highest BCUT2D eigenvalue weighted by molar-refractivity contribution is 5.99. The van der Waals surface area contributed by atoms with Crippen molar-refractivity contribution in [3.63, 3.8) is 0 Å². The van der Waals surface area contributed by atoms with Gasteiger partial charge in [-0.05, 0) is 148 Å². The normalized spacial score (nSPS) is 15.5. The molecule has 0 aromatic carbocycles. The number of rotatable bonds is 51. The van der Waals surface area contributed by atoms with E-state index >= 15 is 0 Å². The van der Waals surface area contributed by atoms with Crippen molar-refractivity contribution in [2.45, 2.75) is 209 Å². The number of amides is 10. The Bertz CT molecular complexity index is 2770. The van der Waals surface area contributed by atoms with Gasteiger partial charge in [0.15, 0.2) is 29.8 Å². The van der Waals surface area contributed by atoms with E-state index in [-0.39, 0.29) is 184 Å². The first-order valence-corrected chi connectivity index (χ1v) is 33.6. The van der Waals surface area contributed by atoms with E-state index in [1.54, 1.807) is 13.8 Å². The number of aliphatic carboxylic acids is 1. The van der Waals surface area contributed by atoms with Crippen LogP contribution in [0, 0.1) is 5.92 Å². The van der Waals surface area contributed by atoms with Crippen LogP contribution in [-0.4, -0.2) is 235 Å². The number of nitrogens with zero attached hydrogens (tertiary/aromatic N) is 6. The number of aliphatic hydroxyl groups excluding tert-OH is 1. The van der Waals surface area contributed by atoms with Gasteiger partial charge in [0.05, 0.1) is 6.10 Å². The lowest BCUT2D eigenvalue weighted by Crippen LogP contribution is -2.60. The second-order valence-electron chi connectivity index (χ2n) is 24.5. The first-order chi connectivity index (χ1) is 47.2. The first kappa shape index (κ1) is 88.4. The average molecular weight is 1420 g/mol. The topological polar surface area (TPSA) is 740 Å². The molecule has 568 valence electrons. The molecule has 0 saturated carbocycles. The second-order valence-corrected chi connectivity index (χ2v) is 24.5. The molecule has 0 radical (unpaired) electrons. The fourth-order valence-electron chi connectivity index (χ4n) is 10.2. The molecular formula is C59H114N28O13. The van der Waals surface area contributed by atoms with E-state index in [1.165, 1.54) is 11.8 Å². The van der Waals surface area contributed by atoms with Gasteiger partial charge >= 0.3 is 5.97 Å². The Morgan fingerprint density at radius 1 is 0.420 bits per heavy atom. The number of aliphatic hydroxyl groups is 1. The summed E-state index contributed by atoms with van der Waals surface area (Å²) in [5.74, 6) is -11.3. The molecule has 37 N–H and O–H groups in total. The summed E-state index contributed by atoms with van der Waals surface area (Å²) >= 11 is 0. The second kappa shape index (κ2) is 49.0.